The van der Waals surface area contributed by atoms with Crippen molar-refractivity contribution in [2.75, 3.05) is 62.5 Å². The summed E-state index contributed by atoms with van der Waals surface area (Å²) in [5.41, 5.74) is 0. The summed E-state index contributed by atoms with van der Waals surface area (Å²) in [4.78, 5) is 195. The molecule has 11 amide bonds. The maximum Gasteiger partial charge on any atom is 0.303 e. The average Bonchev–Trinajstić information content (AvgIpc) is 1.07. The van der Waals surface area contributed by atoms with Crippen molar-refractivity contribution in [2.24, 2.45) is 41.4 Å². The van der Waals surface area contributed by atoms with Gasteiger partial charge in [-0.3, -0.25) is 62.3 Å². The van der Waals surface area contributed by atoms with Crippen LogP contribution in [-0.4, -0.2) is 240 Å². The molecule has 0 spiro atoms. The van der Waals surface area contributed by atoms with Gasteiger partial charge >= 0.3 is 11.9 Å². The Morgan fingerprint density at radius 1 is 0.467 bits per heavy atom. The zero-order chi connectivity index (χ0) is 71.3. The standard InChI is InChI=1S/C66H115N11O15/c1-26-47-62(86)71(19)35-52(80)72(20)48(31-36(2)3)59(83)70-53(40(10)11)65(89)73(21)49(32-37(4)5)58(82)67-43(15)57(81)68-44(16)61(85)74(22)50(33-38(6)7)63(87)75(23)51(34-39(8)9)64(88)76(24)54(41(12)13)66(90)77(25)55(60(84)69-47)56(92-46(18)79)42(14)29-27-28-30-91-45(17)78/h27-28,36-44,47-51,53-56H,26,29-35H2,1-25H3,(H,67,82)(H,68,81)(H,69,84)(H,70,83)/b28-27+/t42-,43+,44-,47+,48+,49+,50+,51+,53+,54?,55+,56-/m1/s1. The van der Waals surface area contributed by atoms with Crippen molar-refractivity contribution >= 4 is 76.9 Å². The van der Waals surface area contributed by atoms with Gasteiger partial charge in [-0.25, -0.2) is 0 Å². The number of hydrogen-bond donors (Lipinski definition) is 4. The minimum atomic E-state index is -1.70. The Hall–Kier alpha value is -7.15. The Kier molecular flexibility index (Phi) is 34.3. The molecule has 0 saturated carbocycles. The lowest BCUT2D eigenvalue weighted by Crippen LogP contribution is -2.64. The van der Waals surface area contributed by atoms with Gasteiger partial charge in [-0.2, -0.15) is 0 Å². The third-order valence-corrected chi connectivity index (χ3v) is 16.7. The zero-order valence-electron chi connectivity index (χ0n) is 60.0. The van der Waals surface area contributed by atoms with Crippen molar-refractivity contribution in [3.63, 3.8) is 0 Å². The molecule has 26 nitrogen and oxygen atoms in total. The monoisotopic (exact) mass is 1300 g/mol. The van der Waals surface area contributed by atoms with Crippen molar-refractivity contribution < 1.29 is 71.8 Å². The first-order valence-corrected chi connectivity index (χ1v) is 32.5. The highest BCUT2D eigenvalue weighted by Gasteiger charge is 2.47. The molecule has 0 radical (unpaired) electrons. The number of allylic oxidation sites excluding steroid dienone is 1. The minimum Gasteiger partial charge on any atom is -0.462 e. The van der Waals surface area contributed by atoms with Crippen molar-refractivity contribution in [2.45, 2.75) is 230 Å². The topological polar surface area (TPSA) is 311 Å². The summed E-state index contributed by atoms with van der Waals surface area (Å²) in [6.07, 6.45) is 2.35. The minimum absolute atomic E-state index is 0.0441. The van der Waals surface area contributed by atoms with E-state index in [0.717, 1.165) is 16.7 Å². The van der Waals surface area contributed by atoms with Crippen LogP contribution in [0.1, 0.15) is 163 Å². The molecule has 1 unspecified atom stereocenters. The highest BCUT2D eigenvalue weighted by molar-refractivity contribution is 5.99. The molecular formula is C66H115N11O15. The number of nitrogens with zero attached hydrogens (tertiary/aromatic N) is 7. The SMILES string of the molecule is CC[C@@H]1NC(=O)[C@H]([C@H](OC(C)=O)[C@H](C)C/C=C/COC(C)=O)N(C)C(=O)C(C(C)C)N(C)C(=O)[C@H](CC(C)C)N(C)C(=O)[C@H](CC(C)C)N(C)C(=O)[C@@H](C)NC(=O)[C@H](C)NC(=O)[C@H](CC(C)C)N(C)C(=O)[C@H](C(C)C)NC(=O)[C@H](CC(C)C)N(C)C(=O)CN(C)C1=O. The average molecular weight is 1300 g/mol. The van der Waals surface area contributed by atoms with E-state index in [1.807, 2.05) is 55.4 Å². The van der Waals surface area contributed by atoms with Gasteiger partial charge < -0.3 is 65.0 Å². The highest BCUT2D eigenvalue weighted by Crippen LogP contribution is 2.27. The maximum atomic E-state index is 15.5. The number of likely N-dealkylation sites (N-methyl/N-ethyl adjacent to an activating group) is 7. The Balaban J connectivity index is 4.48. The molecule has 1 rings (SSSR count). The Morgan fingerprint density at radius 2 is 0.902 bits per heavy atom. The largest absolute Gasteiger partial charge is 0.462 e. The summed E-state index contributed by atoms with van der Waals surface area (Å²) in [5, 5.41) is 11.0. The molecule has 0 aromatic carbocycles. The first kappa shape index (κ1) is 82.9. The van der Waals surface area contributed by atoms with Gasteiger partial charge in [0.1, 0.15) is 73.1 Å². The van der Waals surface area contributed by atoms with E-state index in [2.05, 4.69) is 21.3 Å². The van der Waals surface area contributed by atoms with Gasteiger partial charge in [0.15, 0.2) is 0 Å². The highest BCUT2D eigenvalue weighted by atomic mass is 16.5. The number of amides is 11. The molecule has 0 aliphatic carbocycles. The van der Waals surface area contributed by atoms with Crippen LogP contribution >= 0.6 is 0 Å². The second-order valence-electron chi connectivity index (χ2n) is 27.4. The van der Waals surface area contributed by atoms with Gasteiger partial charge in [0.25, 0.3) is 0 Å². The van der Waals surface area contributed by atoms with E-state index in [-0.39, 0.29) is 68.8 Å². The molecule has 1 aliphatic heterocycles. The summed E-state index contributed by atoms with van der Waals surface area (Å²) in [7, 11) is 9.74. The number of carbonyl (C=O) groups excluding carboxylic acids is 13. The van der Waals surface area contributed by atoms with Crippen molar-refractivity contribution in [3.05, 3.63) is 12.2 Å². The summed E-state index contributed by atoms with van der Waals surface area (Å²) in [6.45, 7) is 29.4. The van der Waals surface area contributed by atoms with Crippen LogP contribution < -0.4 is 21.3 Å². The molecule has 0 aromatic heterocycles. The van der Waals surface area contributed by atoms with Crippen LogP contribution in [0.25, 0.3) is 0 Å². The van der Waals surface area contributed by atoms with Crippen LogP contribution in [0.15, 0.2) is 12.2 Å². The summed E-state index contributed by atoms with van der Waals surface area (Å²) >= 11 is 0. The summed E-state index contributed by atoms with van der Waals surface area (Å²) in [5.74, 6) is -11.9. The predicted octanol–water partition coefficient (Wildman–Crippen LogP) is 3.38. The molecule has 1 heterocycles. The van der Waals surface area contributed by atoms with Gasteiger partial charge in [0, 0.05) is 63.2 Å². The van der Waals surface area contributed by atoms with Crippen LogP contribution in [-0.2, 0) is 71.8 Å². The molecule has 1 fully saturated rings. The van der Waals surface area contributed by atoms with Gasteiger partial charge in [0.2, 0.25) is 65.0 Å². The number of carbonyl (C=O) groups is 13. The molecule has 0 aromatic rings. The molecule has 12 atom stereocenters. The van der Waals surface area contributed by atoms with Crippen LogP contribution in [0.4, 0.5) is 0 Å². The van der Waals surface area contributed by atoms with Crippen LogP contribution in [0.2, 0.25) is 0 Å². The normalized spacial score (nSPS) is 25.6. The third-order valence-electron chi connectivity index (χ3n) is 16.7. The van der Waals surface area contributed by atoms with E-state index in [0.29, 0.717) is 0 Å². The van der Waals surface area contributed by atoms with Crippen LogP contribution in [0.3, 0.4) is 0 Å². The Morgan fingerprint density at radius 3 is 1.36 bits per heavy atom. The van der Waals surface area contributed by atoms with Crippen LogP contribution in [0, 0.1) is 41.4 Å². The Labute approximate surface area is 548 Å². The van der Waals surface area contributed by atoms with E-state index in [1.165, 1.54) is 94.6 Å². The first-order valence-electron chi connectivity index (χ1n) is 32.5. The fraction of sp³-hybridized carbons (Fsp3) is 0.773. The number of hydrogen-bond acceptors (Lipinski definition) is 15. The second kappa shape index (κ2) is 38.1. The van der Waals surface area contributed by atoms with Gasteiger partial charge in [-0.05, 0) is 93.8 Å². The lowest BCUT2D eigenvalue weighted by molar-refractivity contribution is -0.164. The van der Waals surface area contributed by atoms with E-state index in [9.17, 15) is 43.2 Å². The van der Waals surface area contributed by atoms with Gasteiger partial charge in [-0.1, -0.05) is 109 Å². The van der Waals surface area contributed by atoms with E-state index < -0.39 is 168 Å². The Bertz CT molecular complexity index is 2590. The number of ether oxygens (including phenoxy) is 2. The predicted molar refractivity (Wildman–Crippen MR) is 349 cm³/mol. The molecule has 1 saturated heterocycles. The molecule has 4 N–H and O–H groups in total. The molecular weight excluding hydrogens is 1190 g/mol. The first-order chi connectivity index (χ1) is 42.5. The van der Waals surface area contributed by atoms with Crippen molar-refractivity contribution in [1.82, 2.24) is 55.6 Å². The number of rotatable bonds is 18. The van der Waals surface area contributed by atoms with Crippen molar-refractivity contribution in [1.29, 1.82) is 0 Å². The van der Waals surface area contributed by atoms with E-state index in [1.54, 1.807) is 53.7 Å². The molecule has 26 heteroatoms. The fourth-order valence-electron chi connectivity index (χ4n) is 11.2. The van der Waals surface area contributed by atoms with E-state index >= 15 is 19.2 Å². The van der Waals surface area contributed by atoms with E-state index in [4.69, 9.17) is 9.47 Å². The smallest absolute Gasteiger partial charge is 0.303 e. The third kappa shape index (κ3) is 24.4. The molecule has 0 bridgehead atoms. The molecule has 1 aliphatic rings. The number of nitrogens with one attached hydrogen (secondary N) is 4. The number of esters is 2. The quantitative estimate of drug-likeness (QED) is 0.113. The summed E-state index contributed by atoms with van der Waals surface area (Å²) < 4.78 is 11.0. The maximum absolute atomic E-state index is 15.5. The van der Waals surface area contributed by atoms with Crippen LogP contribution in [0.5, 0.6) is 0 Å². The zero-order valence-corrected chi connectivity index (χ0v) is 60.0. The lowest BCUT2D eigenvalue weighted by atomic mass is 9.91. The second-order valence-corrected chi connectivity index (χ2v) is 27.4. The lowest BCUT2D eigenvalue weighted by Gasteiger charge is -2.42. The summed E-state index contributed by atoms with van der Waals surface area (Å²) in [6, 6.07) is -12.8. The fourth-order valence-corrected chi connectivity index (χ4v) is 11.2. The molecule has 524 valence electrons. The van der Waals surface area contributed by atoms with Crippen molar-refractivity contribution in [3.8, 4) is 0 Å². The van der Waals surface area contributed by atoms with Gasteiger partial charge in [-0.15, -0.1) is 0 Å². The van der Waals surface area contributed by atoms with Gasteiger partial charge in [0.05, 0.1) is 6.54 Å². The molecule has 92 heavy (non-hydrogen) atoms.